The van der Waals surface area contributed by atoms with Crippen LogP contribution < -0.4 is 10.1 Å². The van der Waals surface area contributed by atoms with E-state index in [-0.39, 0.29) is 36.9 Å². The van der Waals surface area contributed by atoms with Crippen LogP contribution in [-0.2, 0) is 21.4 Å². The molecule has 1 aromatic heterocycles. The van der Waals surface area contributed by atoms with Gasteiger partial charge in [-0.05, 0) is 32.0 Å². The summed E-state index contributed by atoms with van der Waals surface area (Å²) in [7, 11) is -3.49. The molecule has 3 rings (SSSR count). The lowest BCUT2D eigenvalue weighted by Gasteiger charge is -2.34. The van der Waals surface area contributed by atoms with Gasteiger partial charge in [-0.1, -0.05) is 18.2 Å². The van der Waals surface area contributed by atoms with Gasteiger partial charge in [0.15, 0.2) is 5.76 Å². The van der Waals surface area contributed by atoms with Crippen molar-refractivity contribution in [3.8, 4) is 5.75 Å². The lowest BCUT2D eigenvalue weighted by molar-refractivity contribution is -0.0440. The monoisotopic (exact) mass is 422 g/mol. The Morgan fingerprint density at radius 3 is 2.55 bits per heavy atom. The zero-order chi connectivity index (χ0) is 20.9. The summed E-state index contributed by atoms with van der Waals surface area (Å²) < 4.78 is 43.0. The SMILES string of the molecule is C[C@@H]1CN(S(=O)(=O)CCNC(=O)c2occc2COc2ccccc2)C[C@H](C)O1. The molecule has 2 aromatic rings. The summed E-state index contributed by atoms with van der Waals surface area (Å²) in [6.45, 7) is 4.48. The fourth-order valence-corrected chi connectivity index (χ4v) is 4.68. The molecule has 29 heavy (non-hydrogen) atoms. The molecule has 1 aliphatic rings. The van der Waals surface area contributed by atoms with Crippen LogP contribution in [0.3, 0.4) is 0 Å². The average Bonchev–Trinajstić information content (AvgIpc) is 3.15. The fraction of sp³-hybridized carbons (Fsp3) is 0.450. The fourth-order valence-electron chi connectivity index (χ4n) is 3.19. The van der Waals surface area contributed by atoms with Crippen molar-refractivity contribution in [1.29, 1.82) is 0 Å². The lowest BCUT2D eigenvalue weighted by Crippen LogP contribution is -2.49. The smallest absolute Gasteiger partial charge is 0.287 e. The second-order valence-electron chi connectivity index (χ2n) is 7.02. The minimum absolute atomic E-state index is 0.0129. The molecule has 8 nitrogen and oxygen atoms in total. The summed E-state index contributed by atoms with van der Waals surface area (Å²) in [5.74, 6) is 0.141. The Labute approximate surface area is 170 Å². The van der Waals surface area contributed by atoms with Crippen molar-refractivity contribution < 1.29 is 27.1 Å². The molecule has 1 amide bonds. The first-order valence-electron chi connectivity index (χ1n) is 9.51. The van der Waals surface area contributed by atoms with Crippen LogP contribution >= 0.6 is 0 Å². The maximum Gasteiger partial charge on any atom is 0.287 e. The highest BCUT2D eigenvalue weighted by Crippen LogP contribution is 2.17. The number of para-hydroxylation sites is 1. The Morgan fingerprint density at radius 2 is 1.86 bits per heavy atom. The van der Waals surface area contributed by atoms with Crippen molar-refractivity contribution in [2.24, 2.45) is 0 Å². The van der Waals surface area contributed by atoms with Gasteiger partial charge in [-0.25, -0.2) is 8.42 Å². The molecule has 0 bridgehead atoms. The molecule has 1 saturated heterocycles. The van der Waals surface area contributed by atoms with E-state index in [4.69, 9.17) is 13.9 Å². The van der Waals surface area contributed by atoms with Crippen molar-refractivity contribution in [3.05, 3.63) is 54.0 Å². The molecule has 0 unspecified atom stereocenters. The second kappa shape index (κ2) is 9.43. The van der Waals surface area contributed by atoms with Crippen molar-refractivity contribution in [2.75, 3.05) is 25.4 Å². The third kappa shape index (κ3) is 5.81. The van der Waals surface area contributed by atoms with E-state index in [9.17, 15) is 13.2 Å². The van der Waals surface area contributed by atoms with Gasteiger partial charge >= 0.3 is 0 Å². The van der Waals surface area contributed by atoms with Gasteiger partial charge in [0.1, 0.15) is 12.4 Å². The number of ether oxygens (including phenoxy) is 2. The Hall–Kier alpha value is -2.36. The normalized spacial score (nSPS) is 20.3. The largest absolute Gasteiger partial charge is 0.489 e. The lowest BCUT2D eigenvalue weighted by atomic mass is 10.2. The second-order valence-corrected chi connectivity index (χ2v) is 9.11. The molecule has 1 aliphatic heterocycles. The molecule has 1 N–H and O–H groups in total. The highest BCUT2D eigenvalue weighted by molar-refractivity contribution is 7.89. The number of rotatable bonds is 8. The van der Waals surface area contributed by atoms with Crippen LogP contribution in [-0.4, -0.2) is 56.2 Å². The highest BCUT2D eigenvalue weighted by atomic mass is 32.2. The summed E-state index contributed by atoms with van der Waals surface area (Å²) in [6.07, 6.45) is 1.10. The molecule has 9 heteroatoms. The van der Waals surface area contributed by atoms with E-state index in [1.165, 1.54) is 10.6 Å². The molecule has 1 aromatic carbocycles. The number of hydrogen-bond donors (Lipinski definition) is 1. The average molecular weight is 423 g/mol. The van der Waals surface area contributed by atoms with Gasteiger partial charge in [0.05, 0.1) is 24.2 Å². The van der Waals surface area contributed by atoms with E-state index in [2.05, 4.69) is 5.32 Å². The minimum Gasteiger partial charge on any atom is -0.489 e. The van der Waals surface area contributed by atoms with Crippen LogP contribution in [0.15, 0.2) is 47.1 Å². The molecule has 0 saturated carbocycles. The number of hydrogen-bond acceptors (Lipinski definition) is 6. The zero-order valence-corrected chi connectivity index (χ0v) is 17.4. The maximum absolute atomic E-state index is 12.5. The minimum atomic E-state index is -3.49. The van der Waals surface area contributed by atoms with Crippen LogP contribution in [0.4, 0.5) is 0 Å². The topological polar surface area (TPSA) is 98.1 Å². The van der Waals surface area contributed by atoms with Crippen LogP contribution in [0, 0.1) is 0 Å². The van der Waals surface area contributed by atoms with Crippen LogP contribution in [0.5, 0.6) is 5.75 Å². The molecule has 158 valence electrons. The number of furan rings is 1. The Bertz CT molecular complexity index is 902. The standard InChI is InChI=1S/C20H26N2O6S/c1-15-12-22(13-16(2)28-15)29(24,25)11-9-21-20(23)19-17(8-10-26-19)14-27-18-6-4-3-5-7-18/h3-8,10,15-16H,9,11-14H2,1-2H3,(H,21,23)/t15-,16+. The summed E-state index contributed by atoms with van der Waals surface area (Å²) >= 11 is 0. The van der Waals surface area contributed by atoms with Crippen molar-refractivity contribution in [2.45, 2.75) is 32.7 Å². The Balaban J connectivity index is 1.51. The predicted molar refractivity (Wildman–Crippen MR) is 107 cm³/mol. The Morgan fingerprint density at radius 1 is 1.17 bits per heavy atom. The predicted octanol–water partition coefficient (Wildman–Crippen LogP) is 2.03. The third-order valence-electron chi connectivity index (χ3n) is 4.52. The van der Waals surface area contributed by atoms with E-state index in [1.54, 1.807) is 6.07 Å². The van der Waals surface area contributed by atoms with E-state index < -0.39 is 15.9 Å². The summed E-state index contributed by atoms with van der Waals surface area (Å²) in [6, 6.07) is 10.9. The molecule has 0 spiro atoms. The molecule has 2 atom stereocenters. The first-order valence-corrected chi connectivity index (χ1v) is 11.1. The molecular formula is C20H26N2O6S. The van der Waals surface area contributed by atoms with Crippen molar-refractivity contribution >= 4 is 15.9 Å². The van der Waals surface area contributed by atoms with Crippen molar-refractivity contribution in [1.82, 2.24) is 9.62 Å². The number of nitrogens with zero attached hydrogens (tertiary/aromatic N) is 1. The molecule has 2 heterocycles. The molecular weight excluding hydrogens is 396 g/mol. The summed E-state index contributed by atoms with van der Waals surface area (Å²) in [5.41, 5.74) is 0.588. The number of sulfonamides is 1. The van der Waals surface area contributed by atoms with Gasteiger partial charge in [-0.3, -0.25) is 4.79 Å². The molecule has 0 aliphatic carbocycles. The number of benzene rings is 1. The van der Waals surface area contributed by atoms with Gasteiger partial charge < -0.3 is 19.2 Å². The van der Waals surface area contributed by atoms with E-state index in [1.807, 2.05) is 44.2 Å². The first kappa shape index (κ1) is 21.4. The molecule has 1 fully saturated rings. The Kier molecular flexibility index (Phi) is 6.94. The first-order chi connectivity index (χ1) is 13.8. The number of carbonyl (C=O) groups is 1. The number of amides is 1. The highest BCUT2D eigenvalue weighted by Gasteiger charge is 2.30. The maximum atomic E-state index is 12.5. The van der Waals surface area contributed by atoms with Gasteiger partial charge in [0.25, 0.3) is 5.91 Å². The zero-order valence-electron chi connectivity index (χ0n) is 16.5. The quantitative estimate of drug-likeness (QED) is 0.699. The summed E-state index contributed by atoms with van der Waals surface area (Å²) in [4.78, 5) is 12.4. The van der Waals surface area contributed by atoms with Gasteiger partial charge in [0, 0.05) is 25.2 Å². The van der Waals surface area contributed by atoms with Gasteiger partial charge in [0.2, 0.25) is 10.0 Å². The van der Waals surface area contributed by atoms with Crippen molar-refractivity contribution in [3.63, 3.8) is 0 Å². The molecule has 0 radical (unpaired) electrons. The van der Waals surface area contributed by atoms with Crippen LogP contribution in [0.2, 0.25) is 0 Å². The van der Waals surface area contributed by atoms with Crippen LogP contribution in [0.1, 0.15) is 30.0 Å². The van der Waals surface area contributed by atoms with E-state index >= 15 is 0 Å². The number of nitrogens with one attached hydrogen (secondary N) is 1. The summed E-state index contributed by atoms with van der Waals surface area (Å²) in [5, 5.41) is 2.62. The van der Waals surface area contributed by atoms with E-state index in [0.717, 1.165) is 0 Å². The van der Waals surface area contributed by atoms with Gasteiger partial charge in [-0.2, -0.15) is 4.31 Å². The van der Waals surface area contributed by atoms with E-state index in [0.29, 0.717) is 24.4 Å². The number of morpholine rings is 1. The third-order valence-corrected chi connectivity index (χ3v) is 6.32. The van der Waals surface area contributed by atoms with Crippen LogP contribution in [0.25, 0.3) is 0 Å². The number of carbonyl (C=O) groups excluding carboxylic acids is 1. The van der Waals surface area contributed by atoms with Gasteiger partial charge in [-0.15, -0.1) is 0 Å².